The lowest BCUT2D eigenvalue weighted by Crippen LogP contribution is -2.51. The first-order chi connectivity index (χ1) is 19.6. The largest absolute Gasteiger partial charge is 0.463 e. The van der Waals surface area contributed by atoms with Gasteiger partial charge in [-0.1, -0.05) is 30.3 Å². The molecule has 0 radical (unpaired) electrons. The van der Waals surface area contributed by atoms with Gasteiger partial charge < -0.3 is 20.3 Å². The van der Waals surface area contributed by atoms with Gasteiger partial charge in [0.2, 0.25) is 0 Å². The normalized spacial score (nSPS) is 18.6. The van der Waals surface area contributed by atoms with Crippen LogP contribution in [0.25, 0.3) is 0 Å². The zero-order valence-corrected chi connectivity index (χ0v) is 23.0. The van der Waals surface area contributed by atoms with Gasteiger partial charge in [-0.3, -0.25) is 9.80 Å². The van der Waals surface area contributed by atoms with Gasteiger partial charge in [-0.2, -0.15) is 13.2 Å². The molecule has 220 valence electrons. The summed E-state index contributed by atoms with van der Waals surface area (Å²) in [5.74, 6) is -0.498. The van der Waals surface area contributed by atoms with Crippen LogP contribution < -0.4 is 10.6 Å². The smallest absolute Gasteiger partial charge is 0.416 e. The van der Waals surface area contributed by atoms with Gasteiger partial charge in [0.25, 0.3) is 0 Å². The Hall–Kier alpha value is -4.06. The molecule has 1 saturated heterocycles. The minimum absolute atomic E-state index is 0.184. The van der Waals surface area contributed by atoms with E-state index in [1.807, 2.05) is 37.3 Å². The first-order valence-corrected chi connectivity index (χ1v) is 13.6. The molecule has 0 bridgehead atoms. The zero-order valence-electron chi connectivity index (χ0n) is 23.0. The molecule has 2 aromatic rings. The summed E-state index contributed by atoms with van der Waals surface area (Å²) in [7, 11) is 0. The summed E-state index contributed by atoms with van der Waals surface area (Å²) in [6.45, 7) is 6.27. The van der Waals surface area contributed by atoms with Crippen molar-refractivity contribution < 1.29 is 32.3 Å². The van der Waals surface area contributed by atoms with Crippen LogP contribution in [0.3, 0.4) is 0 Å². The predicted molar refractivity (Wildman–Crippen MR) is 147 cm³/mol. The average Bonchev–Trinajstić information content (AvgIpc) is 3.19. The Morgan fingerprint density at radius 3 is 2.34 bits per heavy atom. The number of benzene rings is 2. The van der Waals surface area contributed by atoms with Crippen molar-refractivity contribution >= 4 is 23.7 Å². The van der Waals surface area contributed by atoms with Gasteiger partial charge in [0.05, 0.1) is 23.8 Å². The Morgan fingerprint density at radius 2 is 1.71 bits per heavy atom. The number of likely N-dealkylation sites (N-methyl/N-ethyl adjacent to an activating group) is 1. The van der Waals surface area contributed by atoms with E-state index < -0.39 is 29.8 Å². The SMILES string of the molecule is CCOC(=O)C1=C(CN2CCCN(C(=O)Nc3ccc(C(F)(F)F)cc3)CC2)N(CC)C(=O)NC1c1ccccc1. The summed E-state index contributed by atoms with van der Waals surface area (Å²) in [5.41, 5.74) is 1.18. The highest BCUT2D eigenvalue weighted by Gasteiger charge is 2.38. The van der Waals surface area contributed by atoms with E-state index in [0.717, 1.165) is 17.7 Å². The number of halogens is 3. The molecule has 1 atom stereocenters. The number of carbonyl (C=O) groups excluding carboxylic acids is 3. The molecule has 0 saturated carbocycles. The topological polar surface area (TPSA) is 94.2 Å². The Bertz CT molecular complexity index is 1270. The van der Waals surface area contributed by atoms with Crippen molar-refractivity contribution in [1.82, 2.24) is 20.0 Å². The summed E-state index contributed by atoms with van der Waals surface area (Å²) in [6, 6.07) is 12.2. The summed E-state index contributed by atoms with van der Waals surface area (Å²) < 4.78 is 44.0. The van der Waals surface area contributed by atoms with Crippen LogP contribution in [0.5, 0.6) is 0 Å². The molecule has 0 spiro atoms. The third-order valence-corrected chi connectivity index (χ3v) is 7.10. The van der Waals surface area contributed by atoms with Crippen molar-refractivity contribution in [3.05, 3.63) is 77.0 Å². The molecule has 2 aromatic carbocycles. The molecular formula is C29H34F3N5O4. The van der Waals surface area contributed by atoms with Gasteiger partial charge in [-0.05, 0) is 50.1 Å². The number of rotatable bonds is 7. The van der Waals surface area contributed by atoms with E-state index >= 15 is 0 Å². The number of nitrogens with zero attached hydrogens (tertiary/aromatic N) is 3. The first-order valence-electron chi connectivity index (χ1n) is 13.6. The number of hydrogen-bond acceptors (Lipinski definition) is 5. The number of hydrogen-bond donors (Lipinski definition) is 2. The molecular weight excluding hydrogens is 539 g/mol. The summed E-state index contributed by atoms with van der Waals surface area (Å²) >= 11 is 0. The second-order valence-electron chi connectivity index (χ2n) is 9.74. The molecule has 1 unspecified atom stereocenters. The second-order valence-corrected chi connectivity index (χ2v) is 9.74. The van der Waals surface area contributed by atoms with Gasteiger partial charge in [-0.15, -0.1) is 0 Å². The molecule has 4 rings (SSSR count). The molecule has 9 nitrogen and oxygen atoms in total. The number of ether oxygens (including phenoxy) is 1. The molecule has 1 fully saturated rings. The van der Waals surface area contributed by atoms with Crippen molar-refractivity contribution in [2.75, 3.05) is 51.2 Å². The minimum Gasteiger partial charge on any atom is -0.463 e. The fourth-order valence-corrected chi connectivity index (χ4v) is 5.04. The third kappa shape index (κ3) is 7.18. The quantitative estimate of drug-likeness (QED) is 0.462. The van der Waals surface area contributed by atoms with E-state index in [4.69, 9.17) is 4.74 Å². The van der Waals surface area contributed by atoms with Crippen LogP contribution in [0.2, 0.25) is 0 Å². The second kappa shape index (κ2) is 13.1. The van der Waals surface area contributed by atoms with Crippen LogP contribution in [-0.4, -0.2) is 78.6 Å². The van der Waals surface area contributed by atoms with Gasteiger partial charge in [0, 0.05) is 50.7 Å². The van der Waals surface area contributed by atoms with Gasteiger partial charge in [-0.25, -0.2) is 14.4 Å². The van der Waals surface area contributed by atoms with Crippen LogP contribution in [0.1, 0.15) is 37.4 Å². The summed E-state index contributed by atoms with van der Waals surface area (Å²) in [5, 5.41) is 5.61. The number of nitrogens with one attached hydrogen (secondary N) is 2. The number of amides is 4. The van der Waals surface area contributed by atoms with Crippen LogP contribution >= 0.6 is 0 Å². The highest BCUT2D eigenvalue weighted by Crippen LogP contribution is 2.32. The lowest BCUT2D eigenvalue weighted by atomic mass is 9.94. The Balaban J connectivity index is 1.51. The van der Waals surface area contributed by atoms with E-state index in [1.165, 1.54) is 12.1 Å². The van der Waals surface area contributed by atoms with E-state index in [2.05, 4.69) is 15.5 Å². The number of esters is 1. The Kier molecular flexibility index (Phi) is 9.53. The van der Waals surface area contributed by atoms with Gasteiger partial charge >= 0.3 is 24.2 Å². The number of urea groups is 2. The molecule has 4 amide bonds. The van der Waals surface area contributed by atoms with Gasteiger partial charge in [0.1, 0.15) is 0 Å². The maximum atomic E-state index is 13.3. The fraction of sp³-hybridized carbons (Fsp3) is 0.414. The van der Waals surface area contributed by atoms with Crippen molar-refractivity contribution in [2.24, 2.45) is 0 Å². The third-order valence-electron chi connectivity index (χ3n) is 7.10. The van der Waals surface area contributed by atoms with E-state index in [9.17, 15) is 27.6 Å². The van der Waals surface area contributed by atoms with Crippen LogP contribution in [-0.2, 0) is 15.7 Å². The monoisotopic (exact) mass is 573 g/mol. The molecule has 0 aliphatic carbocycles. The predicted octanol–water partition coefficient (Wildman–Crippen LogP) is 4.85. The molecule has 2 N–H and O–H groups in total. The van der Waals surface area contributed by atoms with Crippen molar-refractivity contribution in [3.63, 3.8) is 0 Å². The number of alkyl halides is 3. The molecule has 41 heavy (non-hydrogen) atoms. The summed E-state index contributed by atoms with van der Waals surface area (Å²) in [4.78, 5) is 44.5. The highest BCUT2D eigenvalue weighted by molar-refractivity contribution is 5.95. The molecule has 2 heterocycles. The van der Waals surface area contributed by atoms with Gasteiger partial charge in [0.15, 0.2) is 0 Å². The van der Waals surface area contributed by atoms with Crippen molar-refractivity contribution in [1.29, 1.82) is 0 Å². The Labute approximate surface area is 236 Å². The molecule has 2 aliphatic heterocycles. The number of carbonyl (C=O) groups is 3. The minimum atomic E-state index is -4.45. The maximum Gasteiger partial charge on any atom is 0.416 e. The van der Waals surface area contributed by atoms with E-state index in [1.54, 1.807) is 16.7 Å². The first kappa shape index (κ1) is 29.9. The highest BCUT2D eigenvalue weighted by atomic mass is 19.4. The van der Waals surface area contributed by atoms with Crippen LogP contribution in [0.15, 0.2) is 65.9 Å². The zero-order chi connectivity index (χ0) is 29.6. The molecule has 2 aliphatic rings. The van der Waals surface area contributed by atoms with Crippen molar-refractivity contribution in [2.45, 2.75) is 32.5 Å². The van der Waals surface area contributed by atoms with E-state index in [0.29, 0.717) is 57.0 Å². The van der Waals surface area contributed by atoms with Crippen LogP contribution in [0, 0.1) is 0 Å². The number of anilines is 1. The maximum absolute atomic E-state index is 13.3. The van der Waals surface area contributed by atoms with Crippen molar-refractivity contribution in [3.8, 4) is 0 Å². The lowest BCUT2D eigenvalue weighted by Gasteiger charge is -2.38. The standard InChI is InChI=1S/C29H34F3N5O4/c1-3-37-23(24(26(38)41-4-2)25(34-28(37)40)20-9-6-5-7-10-20)19-35-15-8-16-36(18-17-35)27(39)33-22-13-11-21(12-14-22)29(30,31)32/h5-7,9-14,25H,3-4,8,15-19H2,1-2H3,(H,33,39)(H,34,40). The molecule has 12 heteroatoms. The summed E-state index contributed by atoms with van der Waals surface area (Å²) in [6.07, 6.45) is -3.82. The van der Waals surface area contributed by atoms with Crippen LogP contribution in [0.4, 0.5) is 28.4 Å². The average molecular weight is 574 g/mol. The lowest BCUT2D eigenvalue weighted by molar-refractivity contribution is -0.139. The Morgan fingerprint density at radius 1 is 1.00 bits per heavy atom. The van der Waals surface area contributed by atoms with E-state index in [-0.39, 0.29) is 18.3 Å². The fourth-order valence-electron chi connectivity index (χ4n) is 5.04. The molecule has 0 aromatic heterocycles.